The highest BCUT2D eigenvalue weighted by Crippen LogP contribution is 2.46. The first-order chi connectivity index (χ1) is 20.7. The Balaban J connectivity index is 1.84. The number of methoxy groups -OCH3 is 1. The van der Waals surface area contributed by atoms with E-state index in [9.17, 15) is 43.9 Å². The number of carbonyl (C=O) groups excluding carboxylic acids is 1. The van der Waals surface area contributed by atoms with E-state index in [-0.39, 0.29) is 42.2 Å². The number of aromatic nitrogens is 1. The SMILES string of the molecule is COC(=O)c1nc(Cl)ccc1COc1cc2c(cc1C(F)(F)F)N(C1CCC(F)(F)CC1)C[C@@H](CCC(C)(F)F)N(C)S2(=O)=O. The summed E-state index contributed by atoms with van der Waals surface area (Å²) in [6.45, 7) is -0.317. The second-order valence-corrected chi connectivity index (χ2v) is 13.6. The van der Waals surface area contributed by atoms with Gasteiger partial charge >= 0.3 is 12.1 Å². The number of alkyl halides is 7. The van der Waals surface area contributed by atoms with E-state index in [4.69, 9.17) is 16.3 Å². The van der Waals surface area contributed by atoms with Crippen LogP contribution in [0.4, 0.5) is 36.4 Å². The number of hydrogen-bond donors (Lipinski definition) is 0. The maximum Gasteiger partial charge on any atom is 0.420 e. The summed E-state index contributed by atoms with van der Waals surface area (Å²) in [6, 6.07) is 1.91. The number of esters is 1. The zero-order chi connectivity index (χ0) is 33.5. The van der Waals surface area contributed by atoms with E-state index in [0.29, 0.717) is 19.1 Å². The van der Waals surface area contributed by atoms with Gasteiger partial charge in [0.05, 0.1) is 18.4 Å². The van der Waals surface area contributed by atoms with Crippen molar-refractivity contribution in [2.75, 3.05) is 25.6 Å². The lowest BCUT2D eigenvalue weighted by Crippen LogP contribution is -2.47. The third-order valence-corrected chi connectivity index (χ3v) is 10.2. The van der Waals surface area contributed by atoms with Crippen LogP contribution in [0.25, 0.3) is 0 Å². The number of rotatable bonds is 8. The molecule has 0 spiro atoms. The van der Waals surface area contributed by atoms with E-state index in [0.717, 1.165) is 18.5 Å². The average molecular weight is 690 g/mol. The summed E-state index contributed by atoms with van der Waals surface area (Å²) in [7, 11) is -2.43. The zero-order valence-electron chi connectivity index (χ0n) is 24.4. The summed E-state index contributed by atoms with van der Waals surface area (Å²) >= 11 is 5.84. The Morgan fingerprint density at radius 2 is 1.78 bits per heavy atom. The molecule has 45 heavy (non-hydrogen) atoms. The van der Waals surface area contributed by atoms with E-state index in [1.807, 2.05) is 0 Å². The molecule has 0 amide bonds. The predicted molar refractivity (Wildman–Crippen MR) is 150 cm³/mol. The monoisotopic (exact) mass is 689 g/mol. The minimum absolute atomic E-state index is 0.0142. The van der Waals surface area contributed by atoms with Crippen molar-refractivity contribution in [3.05, 3.63) is 46.2 Å². The lowest BCUT2D eigenvalue weighted by molar-refractivity contribution is -0.139. The highest BCUT2D eigenvalue weighted by atomic mass is 35.5. The molecule has 1 aliphatic carbocycles. The first-order valence-electron chi connectivity index (χ1n) is 13.9. The van der Waals surface area contributed by atoms with Crippen LogP contribution in [-0.4, -0.2) is 68.3 Å². The largest absolute Gasteiger partial charge is 0.488 e. The molecule has 250 valence electrons. The maximum atomic E-state index is 14.5. The third-order valence-electron chi connectivity index (χ3n) is 8.01. The molecular formula is C28H31ClF7N3O5S. The van der Waals surface area contributed by atoms with Gasteiger partial charge in [-0.05, 0) is 38.3 Å². The molecule has 4 rings (SSSR count). The smallest absolute Gasteiger partial charge is 0.420 e. The Bertz CT molecular complexity index is 1530. The molecule has 0 bridgehead atoms. The van der Waals surface area contributed by atoms with Crippen LogP contribution < -0.4 is 9.64 Å². The van der Waals surface area contributed by atoms with Crippen LogP contribution >= 0.6 is 11.6 Å². The topological polar surface area (TPSA) is 89.0 Å². The van der Waals surface area contributed by atoms with Gasteiger partial charge in [0.25, 0.3) is 0 Å². The fourth-order valence-corrected chi connectivity index (χ4v) is 7.22. The van der Waals surface area contributed by atoms with Crippen molar-refractivity contribution in [2.24, 2.45) is 0 Å². The number of nitrogens with zero attached hydrogens (tertiary/aromatic N) is 3. The van der Waals surface area contributed by atoms with Crippen molar-refractivity contribution in [2.45, 2.75) is 87.1 Å². The number of ether oxygens (including phenoxy) is 2. The van der Waals surface area contributed by atoms with Gasteiger partial charge in [-0.1, -0.05) is 17.7 Å². The van der Waals surface area contributed by atoms with Crippen LogP contribution in [0.2, 0.25) is 5.15 Å². The van der Waals surface area contributed by atoms with Crippen LogP contribution in [0.5, 0.6) is 5.75 Å². The van der Waals surface area contributed by atoms with Gasteiger partial charge < -0.3 is 14.4 Å². The zero-order valence-corrected chi connectivity index (χ0v) is 26.0. The van der Waals surface area contributed by atoms with Crippen molar-refractivity contribution in [3.63, 3.8) is 0 Å². The van der Waals surface area contributed by atoms with E-state index in [1.54, 1.807) is 0 Å². The van der Waals surface area contributed by atoms with Gasteiger partial charge in [-0.25, -0.2) is 35.8 Å². The summed E-state index contributed by atoms with van der Waals surface area (Å²) in [6.07, 6.45) is -7.61. The Morgan fingerprint density at radius 3 is 2.36 bits per heavy atom. The average Bonchev–Trinajstić information content (AvgIpc) is 3.02. The minimum Gasteiger partial charge on any atom is -0.488 e. The van der Waals surface area contributed by atoms with E-state index in [1.165, 1.54) is 17.0 Å². The quantitative estimate of drug-likeness (QED) is 0.169. The van der Waals surface area contributed by atoms with E-state index >= 15 is 0 Å². The number of halogens is 8. The molecule has 1 aliphatic heterocycles. The van der Waals surface area contributed by atoms with Gasteiger partial charge in [0.1, 0.15) is 22.4 Å². The predicted octanol–water partition coefficient (Wildman–Crippen LogP) is 6.94. The van der Waals surface area contributed by atoms with Crippen molar-refractivity contribution >= 4 is 33.3 Å². The molecule has 17 heteroatoms. The molecule has 0 saturated heterocycles. The fraction of sp³-hybridized carbons (Fsp3) is 0.571. The maximum absolute atomic E-state index is 14.5. The van der Waals surface area contributed by atoms with Gasteiger partial charge in [0, 0.05) is 56.6 Å². The third kappa shape index (κ3) is 7.94. The summed E-state index contributed by atoms with van der Waals surface area (Å²) in [4.78, 5) is 16.7. The number of benzene rings is 1. The second kappa shape index (κ2) is 12.7. The lowest BCUT2D eigenvalue weighted by Gasteiger charge is -2.40. The number of sulfonamides is 1. The molecule has 1 aromatic carbocycles. The van der Waals surface area contributed by atoms with Crippen LogP contribution in [0.15, 0.2) is 29.2 Å². The number of carbonyl (C=O) groups is 1. The van der Waals surface area contributed by atoms with Gasteiger partial charge in [0.15, 0.2) is 5.69 Å². The standard InChI is InChI=1S/C28H31ClF7N3O5S/c1-26(30,31)9-6-18-14-39(17-7-10-27(32,33)11-8-17)20-12-19(28(34,35)36)21(13-22(20)45(41,42)38(18)2)44-15-16-4-5-23(29)37-24(16)25(40)43-3/h4-5,12-13,17-18H,6-11,14-15H2,1-3H3/t18-/m1/s1. The van der Waals surface area contributed by atoms with Crippen molar-refractivity contribution in [1.29, 1.82) is 0 Å². The Labute approximate surface area is 260 Å². The Kier molecular flexibility index (Phi) is 9.91. The molecule has 2 heterocycles. The number of likely N-dealkylation sites (N-methyl/N-ethyl adjacent to an activating group) is 1. The molecule has 1 aromatic heterocycles. The van der Waals surface area contributed by atoms with Crippen LogP contribution in [0.1, 0.15) is 67.1 Å². The molecule has 0 N–H and O–H groups in total. The second-order valence-electron chi connectivity index (χ2n) is 11.3. The first kappa shape index (κ1) is 35.0. The van der Waals surface area contributed by atoms with Crippen LogP contribution in [0, 0.1) is 0 Å². The summed E-state index contributed by atoms with van der Waals surface area (Å²) < 4.78 is 138. The molecule has 0 radical (unpaired) electrons. The van der Waals surface area contributed by atoms with Gasteiger partial charge in [-0.15, -0.1) is 0 Å². The molecule has 2 aromatic rings. The summed E-state index contributed by atoms with van der Waals surface area (Å²) in [5.41, 5.74) is -2.12. The molecule has 0 unspecified atom stereocenters. The lowest BCUT2D eigenvalue weighted by atomic mass is 9.90. The Morgan fingerprint density at radius 1 is 1.13 bits per heavy atom. The van der Waals surface area contributed by atoms with Crippen LogP contribution in [-0.2, 0) is 27.5 Å². The normalized spacial score (nSPS) is 20.8. The van der Waals surface area contributed by atoms with Crippen molar-refractivity contribution in [3.8, 4) is 5.75 Å². The van der Waals surface area contributed by atoms with Gasteiger partial charge in [-0.2, -0.15) is 17.5 Å². The van der Waals surface area contributed by atoms with Crippen molar-refractivity contribution in [1.82, 2.24) is 9.29 Å². The van der Waals surface area contributed by atoms with E-state index < -0.39 is 93.9 Å². The van der Waals surface area contributed by atoms with Crippen LogP contribution in [0.3, 0.4) is 0 Å². The summed E-state index contributed by atoms with van der Waals surface area (Å²) in [5.74, 6) is -8.01. The fourth-order valence-electron chi connectivity index (χ4n) is 5.50. The molecular weight excluding hydrogens is 659 g/mol. The number of pyridine rings is 1. The number of fused-ring (bicyclic) bond motifs is 1. The highest BCUT2D eigenvalue weighted by Gasteiger charge is 2.45. The molecule has 2 aliphatic rings. The molecule has 1 atom stereocenters. The number of hydrogen-bond acceptors (Lipinski definition) is 7. The first-order valence-corrected chi connectivity index (χ1v) is 15.7. The van der Waals surface area contributed by atoms with Gasteiger partial charge in [0.2, 0.25) is 21.9 Å². The molecule has 8 nitrogen and oxygen atoms in total. The highest BCUT2D eigenvalue weighted by molar-refractivity contribution is 7.89. The Hall–Kier alpha value is -2.85. The summed E-state index contributed by atoms with van der Waals surface area (Å²) in [5, 5.41) is -0.106. The van der Waals surface area contributed by atoms with Gasteiger partial charge in [-0.3, -0.25) is 0 Å². The molecule has 1 fully saturated rings. The minimum atomic E-state index is -5.08. The van der Waals surface area contributed by atoms with E-state index in [2.05, 4.69) is 9.72 Å². The molecule has 1 saturated carbocycles. The van der Waals surface area contributed by atoms with Crippen molar-refractivity contribution < 1.29 is 53.4 Å². The number of anilines is 1.